The van der Waals surface area contributed by atoms with Gasteiger partial charge >= 0.3 is 0 Å². The molecule has 11 heavy (non-hydrogen) atoms. The quantitative estimate of drug-likeness (QED) is 0.660. The molecule has 62 valence electrons. The number of nitrogens with one attached hydrogen (secondary N) is 1. The molecule has 0 fully saturated rings. The summed E-state index contributed by atoms with van der Waals surface area (Å²) in [6.07, 6.45) is 1.82. The van der Waals surface area contributed by atoms with Crippen molar-refractivity contribution in [1.82, 2.24) is 4.98 Å². The second-order valence-electron chi connectivity index (χ2n) is 2.31. The molecule has 1 heterocycles. The Balaban J connectivity index is 2.62. The largest absolute Gasteiger partial charge is 0.389 e. The second kappa shape index (κ2) is 3.90. The van der Waals surface area contributed by atoms with Gasteiger partial charge in [0.2, 0.25) is 0 Å². The monoisotopic (exact) mass is 219 g/mol. The van der Waals surface area contributed by atoms with E-state index in [2.05, 4.69) is 20.9 Å². The lowest BCUT2D eigenvalue weighted by Gasteiger charge is -2.13. The molecule has 0 aliphatic rings. The number of halogens is 1. The molecule has 4 heteroatoms. The molecular weight excluding hydrogens is 210 g/mol. The number of alkyl halides is 1. The molecule has 0 aliphatic heterocycles. The van der Waals surface area contributed by atoms with Gasteiger partial charge in [0, 0.05) is 23.3 Å². The molecule has 0 aliphatic carbocycles. The van der Waals surface area contributed by atoms with Gasteiger partial charge in [-0.05, 0) is 6.07 Å². The molecule has 0 spiro atoms. The van der Waals surface area contributed by atoms with E-state index in [9.17, 15) is 10.2 Å². The van der Waals surface area contributed by atoms with E-state index < -0.39 is 12.2 Å². The highest BCUT2D eigenvalue weighted by Crippen LogP contribution is 2.16. The highest BCUT2D eigenvalue weighted by Gasteiger charge is 2.16. The third kappa shape index (κ3) is 2.05. The van der Waals surface area contributed by atoms with E-state index in [1.54, 1.807) is 18.5 Å². The van der Waals surface area contributed by atoms with Crippen LogP contribution in [-0.2, 0) is 0 Å². The maximum absolute atomic E-state index is 9.38. The summed E-state index contributed by atoms with van der Waals surface area (Å²) in [5.41, 5.74) is 0.706. The summed E-state index contributed by atoms with van der Waals surface area (Å²) >= 11 is 3.08. The highest BCUT2D eigenvalue weighted by atomic mass is 79.9. The molecule has 2 unspecified atom stereocenters. The first-order chi connectivity index (χ1) is 5.25. The number of hydrogen-bond acceptors (Lipinski definition) is 2. The summed E-state index contributed by atoms with van der Waals surface area (Å²) in [4.78, 5) is 2.80. The lowest BCUT2D eigenvalue weighted by molar-refractivity contribution is 0.0343. The first-order valence-electron chi connectivity index (χ1n) is 3.30. The van der Waals surface area contributed by atoms with Crippen molar-refractivity contribution >= 4 is 15.9 Å². The number of H-pyrrole nitrogens is 1. The highest BCUT2D eigenvalue weighted by molar-refractivity contribution is 9.09. The third-order valence-electron chi connectivity index (χ3n) is 1.49. The van der Waals surface area contributed by atoms with E-state index in [4.69, 9.17) is 0 Å². The van der Waals surface area contributed by atoms with Crippen molar-refractivity contribution in [2.24, 2.45) is 0 Å². The number of hydrogen-bond donors (Lipinski definition) is 3. The Morgan fingerprint density at radius 1 is 1.55 bits per heavy atom. The summed E-state index contributed by atoms with van der Waals surface area (Å²) in [6, 6.07) is 1.73. The fraction of sp³-hybridized carbons (Fsp3) is 0.429. The smallest absolute Gasteiger partial charge is 0.107 e. The summed E-state index contributed by atoms with van der Waals surface area (Å²) in [7, 11) is 0. The topological polar surface area (TPSA) is 56.2 Å². The molecule has 2 atom stereocenters. The SMILES string of the molecule is OC(CBr)C(O)c1cc[nH]c1. The van der Waals surface area contributed by atoms with E-state index in [-0.39, 0.29) is 0 Å². The van der Waals surface area contributed by atoms with Gasteiger partial charge in [0.25, 0.3) is 0 Å². The van der Waals surface area contributed by atoms with Gasteiger partial charge in [-0.3, -0.25) is 0 Å². The molecule has 0 bridgehead atoms. The zero-order valence-electron chi connectivity index (χ0n) is 5.87. The van der Waals surface area contributed by atoms with Crippen molar-refractivity contribution in [2.75, 3.05) is 5.33 Å². The zero-order valence-corrected chi connectivity index (χ0v) is 7.45. The maximum Gasteiger partial charge on any atom is 0.107 e. The average molecular weight is 220 g/mol. The van der Waals surface area contributed by atoms with Crippen LogP contribution in [0.4, 0.5) is 0 Å². The summed E-state index contributed by atoms with van der Waals surface area (Å²) < 4.78 is 0. The van der Waals surface area contributed by atoms with Crippen molar-refractivity contribution < 1.29 is 10.2 Å². The lowest BCUT2D eigenvalue weighted by atomic mass is 10.1. The second-order valence-corrected chi connectivity index (χ2v) is 2.96. The molecule has 3 nitrogen and oxygen atoms in total. The van der Waals surface area contributed by atoms with Gasteiger partial charge in [0.05, 0.1) is 6.10 Å². The zero-order chi connectivity index (χ0) is 8.27. The number of aliphatic hydroxyl groups is 2. The Labute approximate surface area is 73.2 Å². The Morgan fingerprint density at radius 3 is 2.73 bits per heavy atom. The molecule has 1 rings (SSSR count). The molecule has 0 amide bonds. The van der Waals surface area contributed by atoms with Gasteiger partial charge in [-0.2, -0.15) is 0 Å². The van der Waals surface area contributed by atoms with Crippen LogP contribution in [0.1, 0.15) is 11.7 Å². The number of aromatic amines is 1. The lowest BCUT2D eigenvalue weighted by Crippen LogP contribution is -2.18. The Kier molecular flexibility index (Phi) is 3.11. The van der Waals surface area contributed by atoms with Gasteiger partial charge in [0.15, 0.2) is 0 Å². The van der Waals surface area contributed by atoms with Crippen LogP contribution in [0.25, 0.3) is 0 Å². The van der Waals surface area contributed by atoms with E-state index in [0.717, 1.165) is 0 Å². The summed E-state index contributed by atoms with van der Waals surface area (Å²) in [5.74, 6) is 0. The Hall–Kier alpha value is -0.320. The number of aromatic nitrogens is 1. The van der Waals surface area contributed by atoms with Gasteiger partial charge in [-0.25, -0.2) is 0 Å². The van der Waals surface area contributed by atoms with Crippen molar-refractivity contribution in [3.05, 3.63) is 24.0 Å². The van der Waals surface area contributed by atoms with Crippen LogP contribution in [0.2, 0.25) is 0 Å². The normalized spacial score (nSPS) is 16.3. The minimum Gasteiger partial charge on any atom is -0.389 e. The minimum absolute atomic E-state index is 0.374. The first kappa shape index (κ1) is 8.77. The number of rotatable bonds is 3. The summed E-state index contributed by atoms with van der Waals surface area (Å²) in [6.45, 7) is 0. The summed E-state index contributed by atoms with van der Waals surface area (Å²) in [5, 5.41) is 18.9. The molecular formula is C7H10BrNO2. The molecule has 1 aromatic heterocycles. The minimum atomic E-state index is -0.805. The van der Waals surface area contributed by atoms with Gasteiger partial charge < -0.3 is 15.2 Å². The maximum atomic E-state index is 9.38. The van der Waals surface area contributed by atoms with E-state index in [1.165, 1.54) is 0 Å². The van der Waals surface area contributed by atoms with E-state index >= 15 is 0 Å². The first-order valence-corrected chi connectivity index (χ1v) is 4.42. The van der Waals surface area contributed by atoms with Gasteiger partial charge in [-0.15, -0.1) is 0 Å². The van der Waals surface area contributed by atoms with Crippen molar-refractivity contribution in [2.45, 2.75) is 12.2 Å². The van der Waals surface area contributed by atoms with E-state index in [0.29, 0.717) is 10.9 Å². The molecule has 0 saturated carbocycles. The molecule has 0 saturated heterocycles. The van der Waals surface area contributed by atoms with E-state index in [1.807, 2.05) is 0 Å². The Morgan fingerprint density at radius 2 is 2.27 bits per heavy atom. The van der Waals surface area contributed by atoms with Crippen LogP contribution >= 0.6 is 15.9 Å². The predicted octanol–water partition coefficient (Wildman–Crippen LogP) is 0.804. The van der Waals surface area contributed by atoms with Crippen LogP contribution in [-0.4, -0.2) is 26.6 Å². The van der Waals surface area contributed by atoms with Crippen LogP contribution in [0.3, 0.4) is 0 Å². The third-order valence-corrected chi connectivity index (χ3v) is 2.15. The molecule has 3 N–H and O–H groups in total. The molecule has 1 aromatic rings. The van der Waals surface area contributed by atoms with Gasteiger partial charge in [0.1, 0.15) is 6.10 Å². The fourth-order valence-electron chi connectivity index (χ4n) is 0.827. The standard InChI is InChI=1S/C7H10BrNO2/c8-3-6(10)7(11)5-1-2-9-4-5/h1-2,4,6-7,9-11H,3H2. The van der Waals surface area contributed by atoms with Crippen molar-refractivity contribution in [3.8, 4) is 0 Å². The van der Waals surface area contributed by atoms with Crippen LogP contribution < -0.4 is 0 Å². The molecule has 0 radical (unpaired) electrons. The van der Waals surface area contributed by atoms with Crippen molar-refractivity contribution in [3.63, 3.8) is 0 Å². The average Bonchev–Trinajstić information content (AvgIpc) is 2.53. The Bertz CT molecular complexity index is 200. The molecule has 0 aromatic carbocycles. The van der Waals surface area contributed by atoms with Crippen LogP contribution in [0.15, 0.2) is 18.5 Å². The van der Waals surface area contributed by atoms with Crippen LogP contribution in [0, 0.1) is 0 Å². The van der Waals surface area contributed by atoms with Crippen molar-refractivity contribution in [1.29, 1.82) is 0 Å². The van der Waals surface area contributed by atoms with Crippen LogP contribution in [0.5, 0.6) is 0 Å². The fourth-order valence-corrected chi connectivity index (χ4v) is 1.18. The number of aliphatic hydroxyl groups excluding tert-OH is 2. The van der Waals surface area contributed by atoms with Gasteiger partial charge in [-0.1, -0.05) is 15.9 Å². The predicted molar refractivity (Wildman–Crippen MR) is 45.6 cm³/mol.